The monoisotopic (exact) mass is 427 g/mol. The lowest BCUT2D eigenvalue weighted by Gasteiger charge is -2.27. The molecule has 0 saturated heterocycles. The van der Waals surface area contributed by atoms with Gasteiger partial charge >= 0.3 is 0 Å². The van der Waals surface area contributed by atoms with Crippen molar-refractivity contribution in [1.82, 2.24) is 0 Å². The summed E-state index contributed by atoms with van der Waals surface area (Å²) >= 11 is 0. The zero-order valence-corrected chi connectivity index (χ0v) is 18.5. The molecule has 2 N–H and O–H groups in total. The predicted octanol–water partition coefficient (Wildman–Crippen LogP) is 6.28. The van der Waals surface area contributed by atoms with Gasteiger partial charge in [0.2, 0.25) is 0 Å². The van der Waals surface area contributed by atoms with E-state index in [2.05, 4.69) is 23.2 Å². The molecule has 32 heavy (non-hydrogen) atoms. The van der Waals surface area contributed by atoms with Gasteiger partial charge in [-0.15, -0.1) is 0 Å². The highest BCUT2D eigenvalue weighted by atomic mass is 16.5. The molecule has 0 amide bonds. The van der Waals surface area contributed by atoms with Crippen molar-refractivity contribution in [1.29, 1.82) is 0 Å². The summed E-state index contributed by atoms with van der Waals surface area (Å²) in [5.74, 6) is 1.20. The molecule has 0 atom stereocenters. The fraction of sp³-hybridized carbons (Fsp3) is 0.321. The molecular weight excluding hydrogens is 398 g/mol. The summed E-state index contributed by atoms with van der Waals surface area (Å²) in [7, 11) is 1.71. The summed E-state index contributed by atoms with van der Waals surface area (Å²) in [6.45, 7) is 0. The van der Waals surface area contributed by atoms with Crippen LogP contribution in [0.5, 0.6) is 17.2 Å². The number of hydrogen-bond acceptors (Lipinski definition) is 4. The Bertz CT molecular complexity index is 1200. The average Bonchev–Trinajstić information content (AvgIpc) is 2.83. The van der Waals surface area contributed by atoms with E-state index in [0.29, 0.717) is 11.3 Å². The van der Waals surface area contributed by atoms with E-state index in [0.717, 1.165) is 61.8 Å². The zero-order valence-electron chi connectivity index (χ0n) is 18.5. The fourth-order valence-electron chi connectivity index (χ4n) is 5.25. The molecule has 0 spiro atoms. The molecule has 3 aromatic rings. The molecule has 0 radical (unpaired) electrons. The molecule has 0 fully saturated rings. The molecule has 0 aromatic heterocycles. The molecule has 4 heteroatoms. The number of methoxy groups -OCH3 is 1. The van der Waals surface area contributed by atoms with Crippen molar-refractivity contribution in [2.45, 2.75) is 51.4 Å². The minimum absolute atomic E-state index is 0.125. The third kappa shape index (κ3) is 3.64. The minimum Gasteiger partial charge on any atom is -0.507 e. The Morgan fingerprint density at radius 3 is 2.25 bits per heavy atom. The van der Waals surface area contributed by atoms with Crippen LogP contribution in [0.25, 0.3) is 11.1 Å². The molecule has 0 aliphatic heterocycles. The number of ether oxygens (including phenoxy) is 1. The van der Waals surface area contributed by atoms with Gasteiger partial charge in [0.1, 0.15) is 22.9 Å². The van der Waals surface area contributed by atoms with Gasteiger partial charge in [-0.2, -0.15) is 0 Å². The van der Waals surface area contributed by atoms with Gasteiger partial charge in [-0.3, -0.25) is 4.99 Å². The van der Waals surface area contributed by atoms with Crippen molar-refractivity contribution in [2.24, 2.45) is 4.99 Å². The second kappa shape index (κ2) is 8.70. The van der Waals surface area contributed by atoms with Crippen LogP contribution in [0.15, 0.2) is 47.5 Å². The molecule has 5 rings (SSSR count). The SMILES string of the molecule is COc1ccc2c(c1-c1c(O)c(C=Nc3ccccc3O)cc3c1CCCC3)CCCC2. The van der Waals surface area contributed by atoms with Crippen molar-refractivity contribution in [3.05, 3.63) is 70.3 Å². The van der Waals surface area contributed by atoms with Crippen molar-refractivity contribution in [3.8, 4) is 28.4 Å². The summed E-state index contributed by atoms with van der Waals surface area (Å²) in [6.07, 6.45) is 10.3. The van der Waals surface area contributed by atoms with Gasteiger partial charge in [-0.05, 0) is 97.9 Å². The van der Waals surface area contributed by atoms with Crippen LogP contribution in [0.1, 0.15) is 53.5 Å². The van der Waals surface area contributed by atoms with E-state index in [1.165, 1.54) is 28.7 Å². The highest BCUT2D eigenvalue weighted by Crippen LogP contribution is 2.47. The number of benzene rings is 3. The standard InChI is InChI=1S/C28H29NO3/c1-32-25-15-14-18-8-2-4-10-21(18)26(25)27-22-11-5-3-9-19(22)16-20(28(27)31)17-29-23-12-6-7-13-24(23)30/h6-7,12-17,30-31H,2-5,8-11H2,1H3. The molecule has 2 aliphatic carbocycles. The first-order valence-electron chi connectivity index (χ1n) is 11.6. The number of aliphatic imine (C=N–C) groups is 1. The Labute approximate surface area is 189 Å². The van der Waals surface area contributed by atoms with E-state index in [-0.39, 0.29) is 11.5 Å². The van der Waals surface area contributed by atoms with E-state index in [1.54, 1.807) is 31.5 Å². The second-order valence-electron chi connectivity index (χ2n) is 8.77. The van der Waals surface area contributed by atoms with E-state index < -0.39 is 0 Å². The number of aromatic hydroxyl groups is 2. The Kier molecular flexibility index (Phi) is 5.60. The maximum atomic E-state index is 11.6. The number of phenols is 2. The first kappa shape index (κ1) is 20.6. The second-order valence-corrected chi connectivity index (χ2v) is 8.77. The number of rotatable bonds is 4. The first-order chi connectivity index (χ1) is 15.7. The molecule has 164 valence electrons. The van der Waals surface area contributed by atoms with Crippen molar-refractivity contribution >= 4 is 11.9 Å². The van der Waals surface area contributed by atoms with E-state index in [4.69, 9.17) is 4.74 Å². The van der Waals surface area contributed by atoms with Gasteiger partial charge in [-0.25, -0.2) is 0 Å². The third-order valence-corrected chi connectivity index (χ3v) is 6.84. The van der Waals surface area contributed by atoms with Gasteiger partial charge in [0.05, 0.1) is 7.11 Å². The molecule has 2 aliphatic rings. The maximum Gasteiger partial charge on any atom is 0.141 e. The van der Waals surface area contributed by atoms with Crippen LogP contribution in [-0.4, -0.2) is 23.5 Å². The van der Waals surface area contributed by atoms with Crippen LogP contribution in [0.4, 0.5) is 5.69 Å². The summed E-state index contributed by atoms with van der Waals surface area (Å²) in [6, 6.07) is 13.3. The van der Waals surface area contributed by atoms with Crippen LogP contribution >= 0.6 is 0 Å². The average molecular weight is 428 g/mol. The summed E-state index contributed by atoms with van der Waals surface area (Å²) in [5.41, 5.74) is 8.33. The highest BCUT2D eigenvalue weighted by Gasteiger charge is 2.27. The summed E-state index contributed by atoms with van der Waals surface area (Å²) < 4.78 is 5.82. The van der Waals surface area contributed by atoms with Crippen LogP contribution in [0.3, 0.4) is 0 Å². The van der Waals surface area contributed by atoms with Gasteiger partial charge < -0.3 is 14.9 Å². The first-order valence-corrected chi connectivity index (χ1v) is 11.6. The number of phenolic OH excluding ortho intramolecular Hbond substituents is 2. The zero-order chi connectivity index (χ0) is 22.1. The number of fused-ring (bicyclic) bond motifs is 2. The van der Waals surface area contributed by atoms with Gasteiger partial charge in [0.25, 0.3) is 0 Å². The topological polar surface area (TPSA) is 62.0 Å². The molecule has 0 unspecified atom stereocenters. The van der Waals surface area contributed by atoms with Crippen molar-refractivity contribution in [2.75, 3.05) is 7.11 Å². The Hall–Kier alpha value is -3.27. The van der Waals surface area contributed by atoms with E-state index >= 15 is 0 Å². The van der Waals surface area contributed by atoms with Crippen molar-refractivity contribution in [3.63, 3.8) is 0 Å². The Balaban J connectivity index is 1.73. The molecule has 0 saturated carbocycles. The lowest BCUT2D eigenvalue weighted by atomic mass is 9.79. The summed E-state index contributed by atoms with van der Waals surface area (Å²) in [5, 5.41) is 21.6. The van der Waals surface area contributed by atoms with Crippen LogP contribution < -0.4 is 4.74 Å². The van der Waals surface area contributed by atoms with E-state index in [1.807, 2.05) is 6.07 Å². The highest BCUT2D eigenvalue weighted by molar-refractivity contribution is 5.94. The molecule has 3 aromatic carbocycles. The van der Waals surface area contributed by atoms with Crippen molar-refractivity contribution < 1.29 is 14.9 Å². The van der Waals surface area contributed by atoms with Gasteiger partial charge in [-0.1, -0.05) is 18.2 Å². The normalized spacial score (nSPS) is 15.4. The lowest BCUT2D eigenvalue weighted by Crippen LogP contribution is -2.10. The predicted molar refractivity (Wildman–Crippen MR) is 129 cm³/mol. The number of nitrogens with zero attached hydrogens (tertiary/aromatic N) is 1. The Morgan fingerprint density at radius 1 is 0.812 bits per heavy atom. The summed E-state index contributed by atoms with van der Waals surface area (Å²) in [4.78, 5) is 4.48. The third-order valence-electron chi connectivity index (χ3n) is 6.84. The fourth-order valence-corrected chi connectivity index (χ4v) is 5.25. The number of hydrogen-bond donors (Lipinski definition) is 2. The molecule has 4 nitrogen and oxygen atoms in total. The van der Waals surface area contributed by atoms with Gasteiger partial charge in [0, 0.05) is 22.9 Å². The largest absolute Gasteiger partial charge is 0.507 e. The lowest BCUT2D eigenvalue weighted by molar-refractivity contribution is 0.414. The maximum absolute atomic E-state index is 11.6. The van der Waals surface area contributed by atoms with Crippen LogP contribution in [-0.2, 0) is 25.7 Å². The molecule has 0 bridgehead atoms. The van der Waals surface area contributed by atoms with Crippen LogP contribution in [0, 0.1) is 0 Å². The quantitative estimate of drug-likeness (QED) is 0.482. The smallest absolute Gasteiger partial charge is 0.141 e. The number of aryl methyl sites for hydroxylation is 2. The molecule has 0 heterocycles. The van der Waals surface area contributed by atoms with Gasteiger partial charge in [0.15, 0.2) is 0 Å². The van der Waals surface area contributed by atoms with E-state index in [9.17, 15) is 10.2 Å². The van der Waals surface area contributed by atoms with Crippen LogP contribution in [0.2, 0.25) is 0 Å². The minimum atomic E-state index is 0.125. The Morgan fingerprint density at radius 2 is 1.50 bits per heavy atom. The number of para-hydroxylation sites is 2. The molecular formula is C28H29NO3.